The number of hydrogen-bond acceptors (Lipinski definition) is 3. The van der Waals surface area contributed by atoms with Crippen LogP contribution in [0.2, 0.25) is 0 Å². The van der Waals surface area contributed by atoms with Gasteiger partial charge in [-0.25, -0.2) is 0 Å². The van der Waals surface area contributed by atoms with Crippen LogP contribution >= 0.6 is 0 Å². The molecular formula is C17H27NO2. The minimum atomic E-state index is -0.402. The fourth-order valence-corrected chi connectivity index (χ4v) is 3.00. The molecule has 0 spiro atoms. The van der Waals surface area contributed by atoms with E-state index in [1.54, 1.807) is 0 Å². The van der Waals surface area contributed by atoms with Gasteiger partial charge in [0.2, 0.25) is 0 Å². The average Bonchev–Trinajstić information content (AvgIpc) is 2.45. The molecule has 0 saturated heterocycles. The molecule has 1 aromatic rings. The molecule has 0 fully saturated rings. The van der Waals surface area contributed by atoms with Gasteiger partial charge in [-0.1, -0.05) is 31.2 Å². The number of ether oxygens (including phenoxy) is 1. The summed E-state index contributed by atoms with van der Waals surface area (Å²) in [6.45, 7) is 4.27. The molecule has 2 unspecified atom stereocenters. The first-order valence-corrected chi connectivity index (χ1v) is 7.76. The van der Waals surface area contributed by atoms with E-state index < -0.39 is 6.10 Å². The molecule has 0 amide bonds. The van der Waals surface area contributed by atoms with Gasteiger partial charge < -0.3 is 14.7 Å². The quantitative estimate of drug-likeness (QED) is 0.832. The van der Waals surface area contributed by atoms with Gasteiger partial charge in [0.25, 0.3) is 0 Å². The molecule has 2 rings (SSSR count). The number of fused-ring (bicyclic) bond motifs is 1. The lowest BCUT2D eigenvalue weighted by Gasteiger charge is -2.27. The number of aryl methyl sites for hydroxylation is 1. The van der Waals surface area contributed by atoms with Gasteiger partial charge in [-0.2, -0.15) is 0 Å². The van der Waals surface area contributed by atoms with Crippen molar-refractivity contribution in [1.82, 2.24) is 4.90 Å². The highest BCUT2D eigenvalue weighted by atomic mass is 16.5. The van der Waals surface area contributed by atoms with Crippen molar-refractivity contribution in [2.75, 3.05) is 26.7 Å². The lowest BCUT2D eigenvalue weighted by molar-refractivity contribution is -0.0259. The summed E-state index contributed by atoms with van der Waals surface area (Å²) >= 11 is 0. The first kappa shape index (κ1) is 15.5. The molecule has 0 heterocycles. The molecule has 1 N–H and O–H groups in total. The number of benzene rings is 1. The Kier molecular flexibility index (Phi) is 6.02. The summed E-state index contributed by atoms with van der Waals surface area (Å²) in [6.07, 6.45) is 4.26. The largest absolute Gasteiger partial charge is 0.389 e. The predicted octanol–water partition coefficient (Wildman–Crippen LogP) is 2.78. The van der Waals surface area contributed by atoms with E-state index in [4.69, 9.17) is 4.74 Å². The molecule has 1 aromatic carbocycles. The molecule has 0 saturated carbocycles. The second-order valence-electron chi connectivity index (χ2n) is 5.83. The summed E-state index contributed by atoms with van der Waals surface area (Å²) in [5.41, 5.74) is 2.72. The minimum Gasteiger partial charge on any atom is -0.389 e. The van der Waals surface area contributed by atoms with E-state index in [1.807, 2.05) is 7.05 Å². The number of likely N-dealkylation sites (N-methyl/N-ethyl adjacent to an activating group) is 1. The number of aliphatic hydroxyl groups is 1. The lowest BCUT2D eigenvalue weighted by atomic mass is 9.89. The van der Waals surface area contributed by atoms with E-state index in [9.17, 15) is 5.11 Å². The van der Waals surface area contributed by atoms with Gasteiger partial charge in [0.05, 0.1) is 18.8 Å². The molecule has 0 aromatic heterocycles. The van der Waals surface area contributed by atoms with Gasteiger partial charge in [0.15, 0.2) is 0 Å². The summed E-state index contributed by atoms with van der Waals surface area (Å²) in [6, 6.07) is 8.52. The second kappa shape index (κ2) is 7.77. The van der Waals surface area contributed by atoms with Crippen molar-refractivity contribution in [1.29, 1.82) is 0 Å². The van der Waals surface area contributed by atoms with Crippen LogP contribution in [0.4, 0.5) is 0 Å². The molecule has 112 valence electrons. The summed E-state index contributed by atoms with van der Waals surface area (Å²) < 4.78 is 5.97. The average molecular weight is 277 g/mol. The third kappa shape index (κ3) is 4.30. The van der Waals surface area contributed by atoms with E-state index in [-0.39, 0.29) is 6.10 Å². The highest BCUT2D eigenvalue weighted by Crippen LogP contribution is 2.32. The molecule has 1 aliphatic carbocycles. The Hall–Kier alpha value is -0.900. The van der Waals surface area contributed by atoms with Crippen molar-refractivity contribution >= 4 is 0 Å². The van der Waals surface area contributed by atoms with Crippen LogP contribution in [0.15, 0.2) is 24.3 Å². The summed E-state index contributed by atoms with van der Waals surface area (Å²) in [5, 5.41) is 10.1. The Morgan fingerprint density at radius 2 is 2.20 bits per heavy atom. The number of hydrogen-bond donors (Lipinski definition) is 1. The first-order valence-electron chi connectivity index (χ1n) is 7.76. The molecule has 20 heavy (non-hydrogen) atoms. The van der Waals surface area contributed by atoms with Crippen molar-refractivity contribution in [3.05, 3.63) is 35.4 Å². The standard InChI is InChI=1S/C17H27NO2/c1-3-11-18(2)12-15(19)13-20-17-10-6-8-14-7-4-5-9-16(14)17/h4-5,7,9,15,17,19H,3,6,8,10-13H2,1-2H3. The van der Waals surface area contributed by atoms with Gasteiger partial charge in [0.1, 0.15) is 0 Å². The van der Waals surface area contributed by atoms with Gasteiger partial charge in [-0.05, 0) is 50.4 Å². The zero-order chi connectivity index (χ0) is 14.4. The van der Waals surface area contributed by atoms with Crippen LogP contribution in [0, 0.1) is 0 Å². The maximum absolute atomic E-state index is 10.1. The normalized spacial score (nSPS) is 19.9. The molecule has 3 heteroatoms. The monoisotopic (exact) mass is 277 g/mol. The summed E-state index contributed by atoms with van der Waals surface area (Å²) in [5.74, 6) is 0. The highest BCUT2D eigenvalue weighted by molar-refractivity contribution is 5.31. The molecule has 0 aliphatic heterocycles. The highest BCUT2D eigenvalue weighted by Gasteiger charge is 2.21. The van der Waals surface area contributed by atoms with E-state index in [2.05, 4.69) is 36.1 Å². The van der Waals surface area contributed by atoms with E-state index in [0.717, 1.165) is 25.8 Å². The molecular weight excluding hydrogens is 250 g/mol. The molecule has 2 atom stereocenters. The first-order chi connectivity index (χ1) is 9.70. The Labute approximate surface area is 122 Å². The summed E-state index contributed by atoms with van der Waals surface area (Å²) in [4.78, 5) is 2.16. The second-order valence-corrected chi connectivity index (χ2v) is 5.83. The topological polar surface area (TPSA) is 32.7 Å². The van der Waals surface area contributed by atoms with Gasteiger partial charge in [0, 0.05) is 6.54 Å². The molecule has 0 bridgehead atoms. The van der Waals surface area contributed by atoms with Gasteiger partial charge >= 0.3 is 0 Å². The third-order valence-electron chi connectivity index (χ3n) is 3.93. The van der Waals surface area contributed by atoms with Crippen LogP contribution in [-0.4, -0.2) is 42.9 Å². The Morgan fingerprint density at radius 3 is 3.00 bits per heavy atom. The van der Waals surface area contributed by atoms with Crippen LogP contribution in [0.25, 0.3) is 0 Å². The van der Waals surface area contributed by atoms with Crippen molar-refractivity contribution in [3.63, 3.8) is 0 Å². The number of aliphatic hydroxyl groups excluding tert-OH is 1. The fourth-order valence-electron chi connectivity index (χ4n) is 3.00. The third-order valence-corrected chi connectivity index (χ3v) is 3.93. The Bertz CT molecular complexity index is 408. The van der Waals surface area contributed by atoms with Crippen LogP contribution in [0.1, 0.15) is 43.4 Å². The maximum Gasteiger partial charge on any atom is 0.0900 e. The number of nitrogens with zero attached hydrogens (tertiary/aromatic N) is 1. The SMILES string of the molecule is CCCN(C)CC(O)COC1CCCc2ccccc21. The van der Waals surface area contributed by atoms with Crippen molar-refractivity contribution < 1.29 is 9.84 Å². The van der Waals surface area contributed by atoms with E-state index in [1.165, 1.54) is 17.5 Å². The fraction of sp³-hybridized carbons (Fsp3) is 0.647. The minimum absolute atomic E-state index is 0.158. The van der Waals surface area contributed by atoms with Crippen molar-refractivity contribution in [3.8, 4) is 0 Å². The van der Waals surface area contributed by atoms with Crippen LogP contribution in [0.5, 0.6) is 0 Å². The van der Waals surface area contributed by atoms with Gasteiger partial charge in [-0.15, -0.1) is 0 Å². The van der Waals surface area contributed by atoms with E-state index >= 15 is 0 Å². The maximum atomic E-state index is 10.1. The van der Waals surface area contributed by atoms with Crippen LogP contribution in [0.3, 0.4) is 0 Å². The zero-order valence-electron chi connectivity index (χ0n) is 12.7. The predicted molar refractivity (Wildman–Crippen MR) is 81.9 cm³/mol. The van der Waals surface area contributed by atoms with E-state index in [0.29, 0.717) is 13.2 Å². The van der Waals surface area contributed by atoms with Crippen molar-refractivity contribution in [2.24, 2.45) is 0 Å². The Morgan fingerprint density at radius 1 is 1.40 bits per heavy atom. The van der Waals surface area contributed by atoms with Crippen molar-refractivity contribution in [2.45, 2.75) is 44.8 Å². The zero-order valence-corrected chi connectivity index (χ0v) is 12.7. The molecule has 3 nitrogen and oxygen atoms in total. The molecule has 0 radical (unpaired) electrons. The number of rotatable bonds is 7. The van der Waals surface area contributed by atoms with Gasteiger partial charge in [-0.3, -0.25) is 0 Å². The van der Waals surface area contributed by atoms with Crippen LogP contribution in [-0.2, 0) is 11.2 Å². The lowest BCUT2D eigenvalue weighted by Crippen LogP contribution is -2.33. The smallest absolute Gasteiger partial charge is 0.0900 e. The molecule has 1 aliphatic rings. The summed E-state index contributed by atoms with van der Waals surface area (Å²) in [7, 11) is 2.04. The Balaban J connectivity index is 1.83. The van der Waals surface area contributed by atoms with Crippen LogP contribution < -0.4 is 0 Å².